The van der Waals surface area contributed by atoms with E-state index in [4.69, 9.17) is 30.2 Å². The number of ether oxygens (including phenoxy) is 3. The van der Waals surface area contributed by atoms with E-state index in [2.05, 4.69) is 0 Å². The Labute approximate surface area is 215 Å². The van der Waals surface area contributed by atoms with Gasteiger partial charge in [-0.3, -0.25) is 9.59 Å². The summed E-state index contributed by atoms with van der Waals surface area (Å²) in [5.74, 6) is 0.938. The van der Waals surface area contributed by atoms with E-state index in [0.29, 0.717) is 65.8 Å². The van der Waals surface area contributed by atoms with E-state index in [1.165, 1.54) is 0 Å². The number of hydrogen-bond acceptors (Lipinski definition) is 6. The summed E-state index contributed by atoms with van der Waals surface area (Å²) in [7, 11) is 0. The highest BCUT2D eigenvalue weighted by atomic mass is 35.5. The molecule has 0 saturated heterocycles. The van der Waals surface area contributed by atoms with Crippen LogP contribution in [0.1, 0.15) is 68.3 Å². The van der Waals surface area contributed by atoms with Crippen molar-refractivity contribution in [1.82, 2.24) is 4.90 Å². The number of carbonyl (C=O) groups is 1. The molecule has 3 aromatic rings. The van der Waals surface area contributed by atoms with Crippen LogP contribution in [-0.4, -0.2) is 43.3 Å². The van der Waals surface area contributed by atoms with Crippen molar-refractivity contribution in [3.05, 3.63) is 68.5 Å². The Balaban J connectivity index is 1.82. The molecule has 1 aliphatic heterocycles. The topological polar surface area (TPSA) is 78.2 Å². The molecule has 1 amide bonds. The molecule has 2 aromatic carbocycles. The number of fused-ring (bicyclic) bond motifs is 2. The molecule has 0 spiro atoms. The number of carbonyl (C=O) groups excluding carboxylic acids is 1. The molecule has 1 atom stereocenters. The van der Waals surface area contributed by atoms with Crippen molar-refractivity contribution in [3.63, 3.8) is 0 Å². The molecular weight excluding hydrogens is 482 g/mol. The highest BCUT2D eigenvalue weighted by Gasteiger charge is 2.42. The first-order valence-corrected chi connectivity index (χ1v) is 12.8. The Morgan fingerprint density at radius 2 is 1.83 bits per heavy atom. The molecule has 7 nitrogen and oxygen atoms in total. The van der Waals surface area contributed by atoms with Gasteiger partial charge in [0.15, 0.2) is 16.9 Å². The van der Waals surface area contributed by atoms with Crippen LogP contribution in [0.5, 0.6) is 11.5 Å². The maximum Gasteiger partial charge on any atom is 0.290 e. The summed E-state index contributed by atoms with van der Waals surface area (Å²) >= 11 is 6.17. The summed E-state index contributed by atoms with van der Waals surface area (Å²) in [5, 5.41) is 0.770. The van der Waals surface area contributed by atoms with Crippen molar-refractivity contribution >= 4 is 28.5 Å². The summed E-state index contributed by atoms with van der Waals surface area (Å²) in [5.41, 5.74) is 1.12. The second kappa shape index (κ2) is 11.4. The van der Waals surface area contributed by atoms with Crippen LogP contribution in [0, 0.1) is 0 Å². The monoisotopic (exact) mass is 513 g/mol. The zero-order valence-electron chi connectivity index (χ0n) is 21.1. The predicted molar refractivity (Wildman–Crippen MR) is 139 cm³/mol. The number of rotatable bonds is 11. The van der Waals surface area contributed by atoms with Gasteiger partial charge in [0.05, 0.1) is 36.3 Å². The second-order valence-electron chi connectivity index (χ2n) is 8.98. The van der Waals surface area contributed by atoms with Crippen LogP contribution in [0.4, 0.5) is 0 Å². The zero-order chi connectivity index (χ0) is 25.8. The van der Waals surface area contributed by atoms with Crippen LogP contribution < -0.4 is 14.9 Å². The Bertz CT molecular complexity index is 1300. The van der Waals surface area contributed by atoms with E-state index >= 15 is 0 Å². The highest BCUT2D eigenvalue weighted by molar-refractivity contribution is 6.31. The molecule has 2 heterocycles. The van der Waals surface area contributed by atoms with Crippen LogP contribution >= 0.6 is 11.6 Å². The van der Waals surface area contributed by atoms with Crippen molar-refractivity contribution in [3.8, 4) is 11.5 Å². The van der Waals surface area contributed by atoms with Crippen LogP contribution in [0.3, 0.4) is 0 Å². The fourth-order valence-corrected chi connectivity index (χ4v) is 4.59. The lowest BCUT2D eigenvalue weighted by Gasteiger charge is -2.26. The quantitative estimate of drug-likeness (QED) is 0.293. The number of benzene rings is 2. The van der Waals surface area contributed by atoms with Crippen molar-refractivity contribution in [2.45, 2.75) is 52.7 Å². The van der Waals surface area contributed by atoms with E-state index in [9.17, 15) is 9.59 Å². The SMILES string of the molecule is CCCOc1ccc(C2c3c(oc4ccc(Cl)cc4c3=O)C(=O)N2CCCOC(C)C)cc1OCC. The minimum atomic E-state index is -0.634. The normalized spacial score (nSPS) is 15.1. The molecule has 0 saturated carbocycles. The smallest absolute Gasteiger partial charge is 0.290 e. The number of amides is 1. The van der Waals surface area contributed by atoms with Gasteiger partial charge in [-0.1, -0.05) is 24.6 Å². The maximum atomic E-state index is 13.7. The minimum absolute atomic E-state index is 0.0638. The summed E-state index contributed by atoms with van der Waals surface area (Å²) in [6.45, 7) is 9.78. The van der Waals surface area contributed by atoms with E-state index in [0.717, 1.165) is 12.0 Å². The molecule has 1 unspecified atom stereocenters. The largest absolute Gasteiger partial charge is 0.490 e. The summed E-state index contributed by atoms with van der Waals surface area (Å²) in [6.07, 6.45) is 1.57. The maximum absolute atomic E-state index is 13.7. The van der Waals surface area contributed by atoms with Gasteiger partial charge in [0.2, 0.25) is 5.76 Å². The first-order chi connectivity index (χ1) is 17.3. The third kappa shape index (κ3) is 5.22. The van der Waals surface area contributed by atoms with Crippen LogP contribution in [0.15, 0.2) is 45.6 Å². The Hall–Kier alpha value is -3.03. The van der Waals surface area contributed by atoms with Gasteiger partial charge in [-0.25, -0.2) is 0 Å². The van der Waals surface area contributed by atoms with Crippen LogP contribution in [-0.2, 0) is 4.74 Å². The standard InChI is InChI=1S/C28H32ClNO6/c1-5-13-35-22-10-8-18(15-23(22)33-6-2)25-24-26(31)20-16-19(29)9-11-21(20)36-27(24)28(32)30(25)12-7-14-34-17(3)4/h8-11,15-17,25H,5-7,12-14H2,1-4H3. The van der Waals surface area contributed by atoms with Crippen molar-refractivity contribution < 1.29 is 23.4 Å². The van der Waals surface area contributed by atoms with Crippen molar-refractivity contribution in [2.75, 3.05) is 26.4 Å². The van der Waals surface area contributed by atoms with Crippen molar-refractivity contribution in [2.24, 2.45) is 0 Å². The first-order valence-electron chi connectivity index (χ1n) is 12.4. The number of hydrogen-bond donors (Lipinski definition) is 0. The van der Waals surface area contributed by atoms with Gasteiger partial charge >= 0.3 is 0 Å². The number of halogens is 1. The van der Waals surface area contributed by atoms with E-state index < -0.39 is 6.04 Å². The lowest BCUT2D eigenvalue weighted by Crippen LogP contribution is -2.31. The molecule has 0 bridgehead atoms. The fraction of sp³-hybridized carbons (Fsp3) is 0.429. The van der Waals surface area contributed by atoms with Gasteiger partial charge in [0.25, 0.3) is 5.91 Å². The fourth-order valence-electron chi connectivity index (χ4n) is 4.42. The Kier molecular flexibility index (Phi) is 8.21. The average molecular weight is 514 g/mol. The highest BCUT2D eigenvalue weighted by Crippen LogP contribution is 2.41. The summed E-state index contributed by atoms with van der Waals surface area (Å²) in [6, 6.07) is 9.76. The van der Waals surface area contributed by atoms with Crippen LogP contribution in [0.25, 0.3) is 11.0 Å². The molecule has 8 heteroatoms. The van der Waals surface area contributed by atoms with Gasteiger partial charge < -0.3 is 23.5 Å². The van der Waals surface area contributed by atoms with Gasteiger partial charge in [-0.15, -0.1) is 0 Å². The third-order valence-electron chi connectivity index (χ3n) is 5.97. The molecule has 0 fully saturated rings. The average Bonchev–Trinajstić information content (AvgIpc) is 3.13. The molecule has 0 aliphatic carbocycles. The molecule has 0 radical (unpaired) electrons. The minimum Gasteiger partial charge on any atom is -0.490 e. The lowest BCUT2D eigenvalue weighted by atomic mass is 9.98. The van der Waals surface area contributed by atoms with Gasteiger partial charge in [0, 0.05) is 18.2 Å². The van der Waals surface area contributed by atoms with E-state index in [-0.39, 0.29) is 23.2 Å². The van der Waals surface area contributed by atoms with E-state index in [1.807, 2.05) is 45.9 Å². The molecular formula is C28H32ClNO6. The molecule has 192 valence electrons. The van der Waals surface area contributed by atoms with Crippen LogP contribution in [0.2, 0.25) is 5.02 Å². The molecule has 0 N–H and O–H groups in total. The van der Waals surface area contributed by atoms with Gasteiger partial charge in [0.1, 0.15) is 5.58 Å². The molecule has 1 aromatic heterocycles. The van der Waals surface area contributed by atoms with Gasteiger partial charge in [-0.05, 0) is 69.5 Å². The Morgan fingerprint density at radius 3 is 2.56 bits per heavy atom. The summed E-state index contributed by atoms with van der Waals surface area (Å²) in [4.78, 5) is 28.9. The van der Waals surface area contributed by atoms with Crippen molar-refractivity contribution in [1.29, 1.82) is 0 Å². The Morgan fingerprint density at radius 1 is 1.03 bits per heavy atom. The number of nitrogens with zero attached hydrogens (tertiary/aromatic N) is 1. The zero-order valence-corrected chi connectivity index (χ0v) is 21.9. The third-order valence-corrected chi connectivity index (χ3v) is 6.20. The lowest BCUT2D eigenvalue weighted by molar-refractivity contribution is 0.0593. The predicted octanol–water partition coefficient (Wildman–Crippen LogP) is 5.99. The van der Waals surface area contributed by atoms with Gasteiger partial charge in [-0.2, -0.15) is 0 Å². The summed E-state index contributed by atoms with van der Waals surface area (Å²) < 4.78 is 23.4. The second-order valence-corrected chi connectivity index (χ2v) is 9.41. The molecule has 36 heavy (non-hydrogen) atoms. The molecule has 1 aliphatic rings. The molecule has 4 rings (SSSR count). The van der Waals surface area contributed by atoms with E-state index in [1.54, 1.807) is 23.1 Å². The first kappa shape index (κ1) is 26.0.